The molecule has 2 aromatic heterocycles. The molecule has 4 aromatic rings. The zero-order valence-corrected chi connectivity index (χ0v) is 14.7. The number of hydrogen-bond acceptors (Lipinski definition) is 6. The number of anilines is 1. The lowest BCUT2D eigenvalue weighted by atomic mass is 10.1. The van der Waals surface area contributed by atoms with Crippen LogP contribution in [0.25, 0.3) is 22.7 Å². The number of carbonyl (C=O) groups excluding carboxylic acids is 2. The number of methoxy groups -OCH3 is 1. The van der Waals surface area contributed by atoms with Gasteiger partial charge in [-0.25, -0.2) is 9.88 Å². The van der Waals surface area contributed by atoms with E-state index < -0.39 is 11.8 Å². The van der Waals surface area contributed by atoms with E-state index in [2.05, 4.69) is 9.97 Å². The van der Waals surface area contributed by atoms with Crippen LogP contribution in [-0.2, 0) is 0 Å². The van der Waals surface area contributed by atoms with Crippen molar-refractivity contribution >= 4 is 28.7 Å². The minimum Gasteiger partial charge on any atom is -0.495 e. The number of amides is 2. The molecule has 0 unspecified atom stereocenters. The highest BCUT2D eigenvalue weighted by molar-refractivity contribution is 6.34. The van der Waals surface area contributed by atoms with Gasteiger partial charge in [0.15, 0.2) is 11.2 Å². The average Bonchev–Trinajstić information content (AvgIpc) is 3.27. The SMILES string of the molecule is COc1ccc(-c2nc3ncccc3o2)cc1N1C(=O)c2ccccc2C1=O. The van der Waals surface area contributed by atoms with Crippen LogP contribution in [0.2, 0.25) is 0 Å². The Hall–Kier alpha value is -4.00. The summed E-state index contributed by atoms with van der Waals surface area (Å²) in [6, 6.07) is 15.4. The van der Waals surface area contributed by atoms with Gasteiger partial charge in [0.2, 0.25) is 5.89 Å². The van der Waals surface area contributed by atoms with E-state index in [9.17, 15) is 9.59 Å². The van der Waals surface area contributed by atoms with Crippen LogP contribution in [0.3, 0.4) is 0 Å². The molecule has 0 radical (unpaired) electrons. The molecule has 0 N–H and O–H groups in total. The Morgan fingerprint density at radius 1 is 0.964 bits per heavy atom. The van der Waals surface area contributed by atoms with Gasteiger partial charge in [-0.15, -0.1) is 0 Å². The highest BCUT2D eigenvalue weighted by Gasteiger charge is 2.38. The molecule has 7 heteroatoms. The van der Waals surface area contributed by atoms with Gasteiger partial charge in [-0.3, -0.25) is 9.59 Å². The summed E-state index contributed by atoms with van der Waals surface area (Å²) in [6.45, 7) is 0. The summed E-state index contributed by atoms with van der Waals surface area (Å²) in [7, 11) is 1.49. The van der Waals surface area contributed by atoms with Crippen LogP contribution in [0, 0.1) is 0 Å². The van der Waals surface area contributed by atoms with Gasteiger partial charge >= 0.3 is 0 Å². The summed E-state index contributed by atoms with van der Waals surface area (Å²) in [5.41, 5.74) is 2.70. The lowest BCUT2D eigenvalue weighted by Crippen LogP contribution is -2.29. The van der Waals surface area contributed by atoms with Gasteiger partial charge in [-0.05, 0) is 42.5 Å². The summed E-state index contributed by atoms with van der Waals surface area (Å²) in [5, 5.41) is 0. The van der Waals surface area contributed by atoms with E-state index in [1.807, 2.05) is 0 Å². The molecule has 2 aromatic carbocycles. The number of oxazole rings is 1. The fourth-order valence-electron chi connectivity index (χ4n) is 3.30. The van der Waals surface area contributed by atoms with Gasteiger partial charge in [0.05, 0.1) is 23.9 Å². The predicted molar refractivity (Wildman–Crippen MR) is 101 cm³/mol. The van der Waals surface area contributed by atoms with Crippen molar-refractivity contribution in [1.82, 2.24) is 9.97 Å². The first-order valence-corrected chi connectivity index (χ1v) is 8.55. The van der Waals surface area contributed by atoms with Crippen LogP contribution in [0.5, 0.6) is 5.75 Å². The second kappa shape index (κ2) is 6.02. The third-order valence-electron chi connectivity index (χ3n) is 4.63. The van der Waals surface area contributed by atoms with E-state index in [1.165, 1.54) is 7.11 Å². The Balaban J connectivity index is 1.65. The Labute approximate surface area is 159 Å². The van der Waals surface area contributed by atoms with Crippen LogP contribution in [-0.4, -0.2) is 28.9 Å². The van der Waals surface area contributed by atoms with Gasteiger partial charge in [0.1, 0.15) is 5.75 Å². The second-order valence-electron chi connectivity index (χ2n) is 6.22. The van der Waals surface area contributed by atoms with Crippen LogP contribution in [0.4, 0.5) is 5.69 Å². The van der Waals surface area contributed by atoms with Gasteiger partial charge in [0, 0.05) is 11.8 Å². The van der Waals surface area contributed by atoms with Crippen molar-refractivity contribution in [1.29, 1.82) is 0 Å². The quantitative estimate of drug-likeness (QED) is 0.511. The number of benzene rings is 2. The Morgan fingerprint density at radius 2 is 1.71 bits per heavy atom. The molecule has 1 aliphatic rings. The molecule has 0 saturated heterocycles. The van der Waals surface area contributed by atoms with Crippen molar-refractivity contribution in [2.24, 2.45) is 0 Å². The summed E-state index contributed by atoms with van der Waals surface area (Å²) in [5.74, 6) is -0.0488. The minimum atomic E-state index is -0.393. The molecule has 5 rings (SSSR count). The molecular formula is C21H13N3O4. The summed E-state index contributed by atoms with van der Waals surface area (Å²) in [4.78, 5) is 35.4. The summed E-state index contributed by atoms with van der Waals surface area (Å²) < 4.78 is 11.2. The molecule has 1 aliphatic heterocycles. The highest BCUT2D eigenvalue weighted by Crippen LogP contribution is 2.38. The average molecular weight is 371 g/mol. The molecule has 3 heterocycles. The van der Waals surface area contributed by atoms with E-state index in [-0.39, 0.29) is 0 Å². The van der Waals surface area contributed by atoms with Crippen LogP contribution >= 0.6 is 0 Å². The van der Waals surface area contributed by atoms with Crippen molar-refractivity contribution in [3.63, 3.8) is 0 Å². The molecule has 0 saturated carbocycles. The zero-order chi connectivity index (χ0) is 19.3. The fraction of sp³-hybridized carbons (Fsp3) is 0.0476. The molecule has 0 atom stereocenters. The number of imide groups is 1. The number of ether oxygens (including phenoxy) is 1. The number of aromatic nitrogens is 2. The maximum absolute atomic E-state index is 12.9. The molecule has 136 valence electrons. The second-order valence-corrected chi connectivity index (χ2v) is 6.22. The third kappa shape index (κ3) is 2.30. The number of carbonyl (C=O) groups is 2. The van der Waals surface area contributed by atoms with E-state index in [1.54, 1.807) is 60.8 Å². The zero-order valence-electron chi connectivity index (χ0n) is 14.7. The highest BCUT2D eigenvalue weighted by atomic mass is 16.5. The summed E-state index contributed by atoms with van der Waals surface area (Å²) in [6.07, 6.45) is 1.63. The Kier molecular flexibility index (Phi) is 3.48. The first-order chi connectivity index (χ1) is 13.7. The third-order valence-corrected chi connectivity index (χ3v) is 4.63. The number of hydrogen-bond donors (Lipinski definition) is 0. The first kappa shape index (κ1) is 16.2. The monoisotopic (exact) mass is 371 g/mol. The molecule has 7 nitrogen and oxygen atoms in total. The molecular weight excluding hydrogens is 358 g/mol. The molecule has 0 fully saturated rings. The molecule has 0 spiro atoms. The minimum absolute atomic E-state index is 0.335. The first-order valence-electron chi connectivity index (χ1n) is 8.55. The predicted octanol–water partition coefficient (Wildman–Crippen LogP) is 3.70. The van der Waals surface area contributed by atoms with Crippen molar-refractivity contribution in [3.05, 3.63) is 71.9 Å². The Morgan fingerprint density at radius 3 is 2.39 bits per heavy atom. The standard InChI is InChI=1S/C21H13N3O4/c1-27-16-9-8-12(19-23-18-17(28-19)7-4-10-22-18)11-15(16)24-20(25)13-5-2-3-6-14(13)21(24)26/h2-11H,1H3. The lowest BCUT2D eigenvalue weighted by molar-refractivity contribution is 0.0925. The largest absolute Gasteiger partial charge is 0.495 e. The molecule has 2 amide bonds. The van der Waals surface area contributed by atoms with Crippen molar-refractivity contribution in [2.75, 3.05) is 12.0 Å². The van der Waals surface area contributed by atoms with Gasteiger partial charge in [0.25, 0.3) is 11.8 Å². The van der Waals surface area contributed by atoms with Gasteiger partial charge in [-0.1, -0.05) is 12.1 Å². The van der Waals surface area contributed by atoms with Crippen molar-refractivity contribution < 1.29 is 18.7 Å². The maximum atomic E-state index is 12.9. The van der Waals surface area contributed by atoms with Crippen LogP contribution in [0.1, 0.15) is 20.7 Å². The number of nitrogens with zero attached hydrogens (tertiary/aromatic N) is 3. The van der Waals surface area contributed by atoms with E-state index in [0.717, 1.165) is 4.90 Å². The van der Waals surface area contributed by atoms with Gasteiger partial charge < -0.3 is 9.15 Å². The smallest absolute Gasteiger partial charge is 0.266 e. The summed E-state index contributed by atoms with van der Waals surface area (Å²) >= 11 is 0. The van der Waals surface area contributed by atoms with E-state index in [4.69, 9.17) is 9.15 Å². The van der Waals surface area contributed by atoms with E-state index in [0.29, 0.717) is 45.2 Å². The van der Waals surface area contributed by atoms with Crippen LogP contribution in [0.15, 0.2) is 65.2 Å². The fourth-order valence-corrected chi connectivity index (χ4v) is 3.30. The molecule has 28 heavy (non-hydrogen) atoms. The Bertz CT molecular complexity index is 1190. The molecule has 0 bridgehead atoms. The lowest BCUT2D eigenvalue weighted by Gasteiger charge is -2.18. The normalized spacial score (nSPS) is 13.2. The number of pyridine rings is 1. The maximum Gasteiger partial charge on any atom is 0.266 e. The van der Waals surface area contributed by atoms with Gasteiger partial charge in [-0.2, -0.15) is 4.98 Å². The van der Waals surface area contributed by atoms with E-state index >= 15 is 0 Å². The topological polar surface area (TPSA) is 85.5 Å². The number of rotatable bonds is 3. The molecule has 0 aliphatic carbocycles. The van der Waals surface area contributed by atoms with Crippen molar-refractivity contribution in [3.8, 4) is 17.2 Å². The van der Waals surface area contributed by atoms with Crippen LogP contribution < -0.4 is 9.64 Å². The number of fused-ring (bicyclic) bond motifs is 2. The van der Waals surface area contributed by atoms with Crippen molar-refractivity contribution in [2.45, 2.75) is 0 Å².